The van der Waals surface area contributed by atoms with Crippen LogP contribution in [0.3, 0.4) is 0 Å². The van der Waals surface area contributed by atoms with E-state index in [4.69, 9.17) is 0 Å². The zero-order valence-corrected chi connectivity index (χ0v) is 12.4. The van der Waals surface area contributed by atoms with Gasteiger partial charge in [-0.25, -0.2) is 4.39 Å². The average molecular weight is 305 g/mol. The Morgan fingerprint density at radius 3 is 2.85 bits per heavy atom. The van der Waals surface area contributed by atoms with E-state index in [1.807, 2.05) is 30.5 Å². The van der Waals surface area contributed by atoms with Crippen LogP contribution < -0.4 is 5.32 Å². The van der Waals surface area contributed by atoms with Gasteiger partial charge in [0.1, 0.15) is 5.82 Å². The molecule has 0 fully saturated rings. The minimum atomic E-state index is -0.288. The van der Waals surface area contributed by atoms with Gasteiger partial charge in [-0.2, -0.15) is 0 Å². The second-order valence-corrected chi connectivity index (χ2v) is 6.54. The van der Waals surface area contributed by atoms with Gasteiger partial charge in [0.2, 0.25) is 0 Å². The fraction of sp³-hybridized carbons (Fsp3) is 0.133. The molecule has 5 heteroatoms. The average Bonchev–Trinajstić information content (AvgIpc) is 3.08. The third-order valence-electron chi connectivity index (χ3n) is 3.05. The second kappa shape index (κ2) is 5.34. The summed E-state index contributed by atoms with van der Waals surface area (Å²) in [6, 6.07) is 10.4. The summed E-state index contributed by atoms with van der Waals surface area (Å²) >= 11 is 2.91. The van der Waals surface area contributed by atoms with E-state index in [-0.39, 0.29) is 17.8 Å². The molecule has 0 spiro atoms. The number of thiophene rings is 2. The lowest BCUT2D eigenvalue weighted by molar-refractivity contribution is 0.0944. The number of carbonyl (C=O) groups is 1. The van der Waals surface area contributed by atoms with Crippen molar-refractivity contribution in [2.45, 2.75) is 13.0 Å². The fourth-order valence-electron chi connectivity index (χ4n) is 2.01. The molecule has 1 unspecified atom stereocenters. The van der Waals surface area contributed by atoms with Gasteiger partial charge in [-0.05, 0) is 36.6 Å². The second-order valence-electron chi connectivity index (χ2n) is 4.47. The van der Waals surface area contributed by atoms with Crippen molar-refractivity contribution in [3.63, 3.8) is 0 Å². The molecule has 1 N–H and O–H groups in total. The van der Waals surface area contributed by atoms with Crippen LogP contribution >= 0.6 is 22.7 Å². The van der Waals surface area contributed by atoms with Gasteiger partial charge < -0.3 is 5.32 Å². The van der Waals surface area contributed by atoms with Crippen molar-refractivity contribution < 1.29 is 9.18 Å². The molecular weight excluding hydrogens is 293 g/mol. The van der Waals surface area contributed by atoms with Crippen LogP contribution in [0.2, 0.25) is 0 Å². The number of hydrogen-bond donors (Lipinski definition) is 1. The van der Waals surface area contributed by atoms with Crippen LogP contribution in [0.15, 0.2) is 41.8 Å². The van der Waals surface area contributed by atoms with Crippen molar-refractivity contribution >= 4 is 38.7 Å². The molecule has 1 amide bonds. The van der Waals surface area contributed by atoms with E-state index >= 15 is 0 Å². The first-order valence-electron chi connectivity index (χ1n) is 6.17. The largest absolute Gasteiger partial charge is 0.344 e. The summed E-state index contributed by atoms with van der Waals surface area (Å²) in [5.41, 5.74) is 0. The zero-order chi connectivity index (χ0) is 14.1. The summed E-state index contributed by atoms with van der Waals surface area (Å²) in [4.78, 5) is 13.9. The number of nitrogens with one attached hydrogen (secondary N) is 1. The first kappa shape index (κ1) is 13.3. The molecule has 0 aliphatic rings. The third kappa shape index (κ3) is 2.46. The van der Waals surface area contributed by atoms with Crippen molar-refractivity contribution in [3.8, 4) is 0 Å². The molecule has 0 bridgehead atoms. The Morgan fingerprint density at radius 2 is 2.15 bits per heavy atom. The van der Waals surface area contributed by atoms with Gasteiger partial charge in [-0.15, -0.1) is 22.7 Å². The Morgan fingerprint density at radius 1 is 1.30 bits per heavy atom. The lowest BCUT2D eigenvalue weighted by Gasteiger charge is -2.10. The summed E-state index contributed by atoms with van der Waals surface area (Å²) in [5, 5.41) is 5.42. The summed E-state index contributed by atoms with van der Waals surface area (Å²) in [6.07, 6.45) is 0. The highest BCUT2D eigenvalue weighted by Crippen LogP contribution is 2.28. The smallest absolute Gasteiger partial charge is 0.261 e. The molecule has 0 aliphatic carbocycles. The molecule has 0 saturated heterocycles. The summed E-state index contributed by atoms with van der Waals surface area (Å²) < 4.78 is 14.4. The minimum Gasteiger partial charge on any atom is -0.344 e. The fourth-order valence-corrected chi connectivity index (χ4v) is 3.73. The van der Waals surface area contributed by atoms with Gasteiger partial charge >= 0.3 is 0 Å². The molecule has 3 rings (SSSR count). The van der Waals surface area contributed by atoms with E-state index in [0.29, 0.717) is 10.3 Å². The van der Waals surface area contributed by atoms with E-state index in [9.17, 15) is 9.18 Å². The Kier molecular flexibility index (Phi) is 3.54. The van der Waals surface area contributed by atoms with Crippen molar-refractivity contribution in [1.82, 2.24) is 5.32 Å². The van der Waals surface area contributed by atoms with E-state index in [1.54, 1.807) is 23.5 Å². The number of amides is 1. The van der Waals surface area contributed by atoms with Crippen LogP contribution in [-0.2, 0) is 0 Å². The van der Waals surface area contributed by atoms with Gasteiger partial charge in [0.25, 0.3) is 5.91 Å². The van der Waals surface area contributed by atoms with Gasteiger partial charge in [0.05, 0.1) is 10.9 Å². The highest BCUT2D eigenvalue weighted by Gasteiger charge is 2.15. The number of halogens is 1. The highest BCUT2D eigenvalue weighted by molar-refractivity contribution is 7.20. The van der Waals surface area contributed by atoms with Crippen LogP contribution in [0, 0.1) is 5.82 Å². The molecule has 102 valence electrons. The number of rotatable bonds is 3. The highest BCUT2D eigenvalue weighted by atomic mass is 32.1. The summed E-state index contributed by atoms with van der Waals surface area (Å²) in [6.45, 7) is 1.94. The van der Waals surface area contributed by atoms with E-state index in [2.05, 4.69) is 5.32 Å². The van der Waals surface area contributed by atoms with Crippen LogP contribution in [0.4, 0.5) is 4.39 Å². The summed E-state index contributed by atoms with van der Waals surface area (Å²) in [5.74, 6) is -0.449. The number of hydrogen-bond acceptors (Lipinski definition) is 3. The predicted molar refractivity (Wildman–Crippen MR) is 82.0 cm³/mol. The molecule has 1 atom stereocenters. The quantitative estimate of drug-likeness (QED) is 0.753. The maximum Gasteiger partial charge on any atom is 0.261 e. The predicted octanol–water partition coefficient (Wildman–Crippen LogP) is 4.59. The topological polar surface area (TPSA) is 29.1 Å². The molecule has 2 heterocycles. The Bertz CT molecular complexity index is 748. The SMILES string of the molecule is CC(NC(=O)c1cc2c(F)cccc2s1)c1cccs1. The van der Waals surface area contributed by atoms with Gasteiger partial charge in [0.15, 0.2) is 0 Å². The molecule has 1 aromatic carbocycles. The van der Waals surface area contributed by atoms with Crippen molar-refractivity contribution in [3.05, 3.63) is 57.3 Å². The Hall–Kier alpha value is -1.72. The van der Waals surface area contributed by atoms with Crippen molar-refractivity contribution in [2.75, 3.05) is 0 Å². The first-order chi connectivity index (χ1) is 9.65. The molecule has 2 nitrogen and oxygen atoms in total. The van der Waals surface area contributed by atoms with Gasteiger partial charge in [-0.3, -0.25) is 4.79 Å². The first-order valence-corrected chi connectivity index (χ1v) is 7.87. The summed E-state index contributed by atoms with van der Waals surface area (Å²) in [7, 11) is 0. The monoisotopic (exact) mass is 305 g/mol. The standard InChI is InChI=1S/C15H12FNOS2/c1-9(12-6-3-7-19-12)17-15(18)14-8-10-11(16)4-2-5-13(10)20-14/h2-9H,1H3,(H,17,18). The van der Waals surface area contributed by atoms with E-state index < -0.39 is 0 Å². The maximum atomic E-state index is 13.6. The molecule has 20 heavy (non-hydrogen) atoms. The normalized spacial score (nSPS) is 12.5. The molecule has 3 aromatic rings. The lowest BCUT2D eigenvalue weighted by atomic mass is 10.2. The van der Waals surface area contributed by atoms with Crippen LogP contribution in [0.1, 0.15) is 27.5 Å². The van der Waals surface area contributed by atoms with Crippen LogP contribution in [0.5, 0.6) is 0 Å². The van der Waals surface area contributed by atoms with Gasteiger partial charge in [0, 0.05) is 15.0 Å². The molecule has 0 aliphatic heterocycles. The maximum absolute atomic E-state index is 13.6. The number of carbonyl (C=O) groups excluding carboxylic acids is 1. The Labute approximate surface area is 123 Å². The van der Waals surface area contributed by atoms with Crippen molar-refractivity contribution in [1.29, 1.82) is 0 Å². The Balaban J connectivity index is 1.84. The third-order valence-corrected chi connectivity index (χ3v) is 5.20. The van der Waals surface area contributed by atoms with Crippen LogP contribution in [0.25, 0.3) is 10.1 Å². The van der Waals surface area contributed by atoms with Crippen LogP contribution in [-0.4, -0.2) is 5.91 Å². The lowest BCUT2D eigenvalue weighted by Crippen LogP contribution is -2.25. The van der Waals surface area contributed by atoms with E-state index in [1.165, 1.54) is 17.4 Å². The van der Waals surface area contributed by atoms with E-state index in [0.717, 1.165) is 9.58 Å². The number of benzene rings is 1. The van der Waals surface area contributed by atoms with Gasteiger partial charge in [-0.1, -0.05) is 12.1 Å². The minimum absolute atomic E-state index is 0.0439. The zero-order valence-electron chi connectivity index (χ0n) is 10.7. The van der Waals surface area contributed by atoms with Crippen molar-refractivity contribution in [2.24, 2.45) is 0 Å². The molecule has 0 saturated carbocycles. The molecule has 2 aromatic heterocycles. The molecular formula is C15H12FNOS2. The molecule has 0 radical (unpaired) electrons. The number of fused-ring (bicyclic) bond motifs is 1.